The summed E-state index contributed by atoms with van der Waals surface area (Å²) in [6, 6.07) is 0. The molecule has 0 aromatic heterocycles. The third kappa shape index (κ3) is 6.61. The molecule has 0 radical (unpaired) electrons. The number of aliphatic hydroxyl groups is 6. The molecule has 0 aromatic rings. The van der Waals surface area contributed by atoms with Crippen LogP contribution in [-0.4, -0.2) is 142 Å². The van der Waals surface area contributed by atoms with Crippen molar-refractivity contribution >= 4 is 10.4 Å². The number of allylic oxidation sites excluding steroid dienone is 1. The minimum atomic E-state index is -5.04. The maximum Gasteiger partial charge on any atom is 0.397 e. The number of rotatable bonds is 6. The van der Waals surface area contributed by atoms with Gasteiger partial charge in [0.15, 0.2) is 18.4 Å². The van der Waals surface area contributed by atoms with Crippen LogP contribution < -0.4 is 0 Å². The van der Waals surface area contributed by atoms with Crippen LogP contribution >= 0.6 is 0 Å². The van der Waals surface area contributed by atoms with Gasteiger partial charge in [-0.15, -0.1) is 0 Å². The van der Waals surface area contributed by atoms with Crippen molar-refractivity contribution < 1.29 is 76.2 Å². The van der Waals surface area contributed by atoms with E-state index in [0.717, 1.165) is 31.3 Å². The Balaban J connectivity index is 1.05. The summed E-state index contributed by atoms with van der Waals surface area (Å²) < 4.78 is 75.0. The van der Waals surface area contributed by atoms with Gasteiger partial charge in [0.05, 0.1) is 43.7 Å². The molecule has 4 aliphatic heterocycles. The zero-order valence-electron chi connectivity index (χ0n) is 31.8. The summed E-state index contributed by atoms with van der Waals surface area (Å²) in [5.41, 5.74) is 1.12. The van der Waals surface area contributed by atoms with Crippen molar-refractivity contribution in [2.75, 3.05) is 13.2 Å². The Morgan fingerprint density at radius 3 is 2.40 bits per heavy atom. The van der Waals surface area contributed by atoms with E-state index >= 15 is 0 Å². The topological polar surface area (TPSA) is 240 Å². The molecule has 7 fully saturated rings. The zero-order valence-corrected chi connectivity index (χ0v) is 32.6. The standard InChI is InChI=1S/C38H58O16S/c1-16-14-49-38(13-24(16)40)17(2)28-25(53-38)12-23-21-7-6-19-10-20(39)11-27(37(19,5)22(21)8-9-36(23,28)4)51-35-33(30(42)26(15-48-35)54-55(45,46)47)52-34-32(44)31(43)29(41)18(3)50-34/h6,17-18,20-35,39-44H,1,7-15H2,2-5H3,(H,45,46,47)/t17-,18-,20+,21+,22-,23+,24+,25-,26-,27+,28-,29-,30-,31+,32+,33+,34-,35-,36-,37-,38+/m0/s1. The zero-order chi connectivity index (χ0) is 39.6. The molecule has 55 heavy (non-hydrogen) atoms. The molecular formula is C38H58O16S. The number of fused-ring (bicyclic) bond motifs is 7. The van der Waals surface area contributed by atoms with Gasteiger partial charge in [-0.2, -0.15) is 8.42 Å². The van der Waals surface area contributed by atoms with Gasteiger partial charge in [-0.05, 0) is 73.7 Å². The fourth-order valence-corrected chi connectivity index (χ4v) is 12.9. The third-order valence-electron chi connectivity index (χ3n) is 15.3. The van der Waals surface area contributed by atoms with Gasteiger partial charge in [-0.25, -0.2) is 4.18 Å². The highest BCUT2D eigenvalue weighted by molar-refractivity contribution is 7.80. The fraction of sp³-hybridized carbons (Fsp3) is 0.895. The monoisotopic (exact) mass is 802 g/mol. The summed E-state index contributed by atoms with van der Waals surface area (Å²) >= 11 is 0. The van der Waals surface area contributed by atoms with E-state index < -0.39 is 102 Å². The first-order chi connectivity index (χ1) is 25.8. The van der Waals surface area contributed by atoms with E-state index in [0.29, 0.717) is 24.3 Å². The number of aliphatic hydroxyl groups excluding tert-OH is 6. The van der Waals surface area contributed by atoms with Gasteiger partial charge in [0.1, 0.15) is 36.6 Å². The second-order valence-corrected chi connectivity index (χ2v) is 19.2. The molecule has 0 aromatic carbocycles. The molecule has 4 heterocycles. The van der Waals surface area contributed by atoms with Crippen molar-refractivity contribution in [3.8, 4) is 0 Å². The summed E-state index contributed by atoms with van der Waals surface area (Å²) in [5, 5.41) is 64.9. The summed E-state index contributed by atoms with van der Waals surface area (Å²) in [6.45, 7) is 11.9. The van der Waals surface area contributed by atoms with E-state index in [1.54, 1.807) is 0 Å². The molecule has 21 atom stereocenters. The van der Waals surface area contributed by atoms with Crippen molar-refractivity contribution in [2.45, 2.75) is 158 Å². The van der Waals surface area contributed by atoms with Crippen molar-refractivity contribution in [1.29, 1.82) is 0 Å². The average Bonchev–Trinajstić information content (AvgIpc) is 3.56. The van der Waals surface area contributed by atoms with E-state index in [1.165, 1.54) is 6.92 Å². The SMILES string of the molecule is C=C1CO[C@]2(C[C@H]1O)O[C@H]1C[C@@H]3[C@@H]4CC=C5C[C@@H](O)C[C@@H](O[C@@H]6OC[C@H](OS(=O)(=O)O)[C@H](O)[C@H]6O[C@@H]6O[C@@H](C)[C@H](O)[C@@H](O)[C@H]6O)[C@]5(C)[C@H]4CC[C@]3(C)[C@H]1[C@@H]2C. The lowest BCUT2D eigenvalue weighted by Crippen LogP contribution is -2.63. The normalized spacial score (nSPS) is 55.3. The molecule has 4 aliphatic carbocycles. The lowest BCUT2D eigenvalue weighted by molar-refractivity contribution is -0.361. The van der Waals surface area contributed by atoms with Gasteiger partial charge in [-0.1, -0.05) is 39.0 Å². The highest BCUT2D eigenvalue weighted by Gasteiger charge is 2.70. The predicted molar refractivity (Wildman–Crippen MR) is 189 cm³/mol. The van der Waals surface area contributed by atoms with Gasteiger partial charge < -0.3 is 59.1 Å². The minimum Gasteiger partial charge on any atom is -0.393 e. The molecular weight excluding hydrogens is 744 g/mol. The van der Waals surface area contributed by atoms with Gasteiger partial charge in [0, 0.05) is 24.2 Å². The largest absolute Gasteiger partial charge is 0.397 e. The van der Waals surface area contributed by atoms with Gasteiger partial charge in [0.25, 0.3) is 0 Å². The third-order valence-corrected chi connectivity index (χ3v) is 15.8. The quantitative estimate of drug-likeness (QED) is 0.145. The molecule has 17 heteroatoms. The van der Waals surface area contributed by atoms with Crippen molar-refractivity contribution in [2.24, 2.45) is 40.4 Å². The highest BCUT2D eigenvalue weighted by Crippen LogP contribution is 2.71. The first-order valence-electron chi connectivity index (χ1n) is 19.8. The summed E-state index contributed by atoms with van der Waals surface area (Å²) in [5.74, 6) is 0.199. The van der Waals surface area contributed by atoms with Crippen LogP contribution in [0.25, 0.3) is 0 Å². The van der Waals surface area contributed by atoms with E-state index in [9.17, 15) is 43.6 Å². The average molecular weight is 803 g/mol. The Hall–Kier alpha value is -1.13. The molecule has 0 amide bonds. The highest BCUT2D eigenvalue weighted by atomic mass is 32.3. The molecule has 3 saturated carbocycles. The van der Waals surface area contributed by atoms with Crippen LogP contribution in [-0.2, 0) is 43.0 Å². The fourth-order valence-electron chi connectivity index (χ4n) is 12.4. The molecule has 7 N–H and O–H groups in total. The summed E-state index contributed by atoms with van der Waals surface area (Å²) in [6.07, 6.45) is -9.08. The first-order valence-corrected chi connectivity index (χ1v) is 21.1. The Labute approximate surface area is 321 Å². The molecule has 8 rings (SSSR count). The molecule has 8 aliphatic rings. The van der Waals surface area contributed by atoms with Crippen molar-refractivity contribution in [3.05, 3.63) is 23.8 Å². The Morgan fingerprint density at radius 1 is 0.945 bits per heavy atom. The first kappa shape index (κ1) is 40.6. The Bertz CT molecular complexity index is 1630. The van der Waals surface area contributed by atoms with Gasteiger partial charge in [-0.3, -0.25) is 4.55 Å². The van der Waals surface area contributed by atoms with Crippen LogP contribution in [0.15, 0.2) is 23.8 Å². The lowest BCUT2D eigenvalue weighted by Gasteiger charge is -2.60. The van der Waals surface area contributed by atoms with Gasteiger partial charge >= 0.3 is 10.4 Å². The molecule has 4 saturated heterocycles. The van der Waals surface area contributed by atoms with E-state index in [4.69, 9.17) is 32.6 Å². The lowest BCUT2D eigenvalue weighted by atomic mass is 9.46. The molecule has 16 nitrogen and oxygen atoms in total. The smallest absolute Gasteiger partial charge is 0.393 e. The number of hydrogen-bond acceptors (Lipinski definition) is 15. The summed E-state index contributed by atoms with van der Waals surface area (Å²) in [4.78, 5) is 0. The van der Waals surface area contributed by atoms with Crippen LogP contribution in [0, 0.1) is 40.4 Å². The Morgan fingerprint density at radius 2 is 1.69 bits per heavy atom. The van der Waals surface area contributed by atoms with Crippen molar-refractivity contribution in [3.63, 3.8) is 0 Å². The molecule has 1 spiro atoms. The van der Waals surface area contributed by atoms with E-state index in [2.05, 4.69) is 33.4 Å². The van der Waals surface area contributed by atoms with E-state index in [-0.39, 0.29) is 48.2 Å². The van der Waals surface area contributed by atoms with Crippen molar-refractivity contribution in [1.82, 2.24) is 0 Å². The number of ether oxygens (including phenoxy) is 6. The molecule has 0 bridgehead atoms. The summed E-state index contributed by atoms with van der Waals surface area (Å²) in [7, 11) is -5.04. The van der Waals surface area contributed by atoms with Crippen LogP contribution in [0.4, 0.5) is 0 Å². The van der Waals surface area contributed by atoms with Crippen LogP contribution in [0.5, 0.6) is 0 Å². The predicted octanol–water partition coefficient (Wildman–Crippen LogP) is 0.718. The number of hydrogen-bond donors (Lipinski definition) is 7. The second-order valence-electron chi connectivity index (χ2n) is 18.1. The van der Waals surface area contributed by atoms with Crippen LogP contribution in [0.2, 0.25) is 0 Å². The molecule has 0 unspecified atom stereocenters. The van der Waals surface area contributed by atoms with Crippen LogP contribution in [0.1, 0.15) is 72.6 Å². The van der Waals surface area contributed by atoms with Gasteiger partial charge in [0.2, 0.25) is 0 Å². The Kier molecular flexibility index (Phi) is 10.5. The molecule has 312 valence electrons. The maximum atomic E-state index is 11.7. The maximum absolute atomic E-state index is 11.7. The van der Waals surface area contributed by atoms with Crippen LogP contribution in [0.3, 0.4) is 0 Å². The minimum absolute atomic E-state index is 0.0200. The van der Waals surface area contributed by atoms with E-state index in [1.807, 2.05) is 0 Å². The second kappa shape index (κ2) is 14.3.